The summed E-state index contributed by atoms with van der Waals surface area (Å²) in [7, 11) is 0. The number of rotatable bonds is 4. The zero-order chi connectivity index (χ0) is 11.5. The second kappa shape index (κ2) is 4.37. The predicted molar refractivity (Wildman–Crippen MR) is 62.9 cm³/mol. The second-order valence-electron chi connectivity index (χ2n) is 3.63. The maximum absolute atomic E-state index is 11.2. The molecule has 0 saturated heterocycles. The Kier molecular flexibility index (Phi) is 2.92. The third kappa shape index (κ3) is 2.06. The largest absolute Gasteiger partial charge is 0.492 e. The number of H-pyrrole nitrogens is 1. The van der Waals surface area contributed by atoms with Crippen molar-refractivity contribution >= 4 is 16.7 Å². The number of fused-ring (bicyclic) bond motifs is 1. The van der Waals surface area contributed by atoms with Crippen molar-refractivity contribution < 1.29 is 9.53 Å². The topological polar surface area (TPSA) is 68.1 Å². The van der Waals surface area contributed by atoms with Crippen LogP contribution in [0.1, 0.15) is 17.4 Å². The van der Waals surface area contributed by atoms with Crippen LogP contribution < -0.4 is 10.5 Å². The van der Waals surface area contributed by atoms with Crippen LogP contribution >= 0.6 is 0 Å². The molecule has 4 nitrogen and oxygen atoms in total. The first-order valence-corrected chi connectivity index (χ1v) is 5.17. The lowest BCUT2D eigenvalue weighted by molar-refractivity contribution is 0.101. The van der Waals surface area contributed by atoms with E-state index in [2.05, 4.69) is 4.98 Å². The SMILES string of the molecule is CC(=O)c1cc2cc(OCCN)ccc2[nH]1. The maximum atomic E-state index is 11.2. The van der Waals surface area contributed by atoms with Crippen LogP contribution in [0.15, 0.2) is 24.3 Å². The fourth-order valence-electron chi connectivity index (χ4n) is 1.57. The van der Waals surface area contributed by atoms with Gasteiger partial charge in [0.1, 0.15) is 12.4 Å². The Morgan fingerprint density at radius 3 is 2.94 bits per heavy atom. The molecule has 0 radical (unpaired) electrons. The Bertz CT molecular complexity index is 517. The van der Waals surface area contributed by atoms with Gasteiger partial charge in [-0.1, -0.05) is 0 Å². The van der Waals surface area contributed by atoms with Gasteiger partial charge in [-0.25, -0.2) is 0 Å². The van der Waals surface area contributed by atoms with Crippen LogP contribution in [0.3, 0.4) is 0 Å². The molecule has 2 rings (SSSR count). The normalized spacial score (nSPS) is 10.6. The third-order valence-corrected chi connectivity index (χ3v) is 2.36. The van der Waals surface area contributed by atoms with E-state index in [-0.39, 0.29) is 5.78 Å². The van der Waals surface area contributed by atoms with Gasteiger partial charge >= 0.3 is 0 Å². The van der Waals surface area contributed by atoms with Crippen LogP contribution in [0.4, 0.5) is 0 Å². The monoisotopic (exact) mass is 218 g/mol. The number of ketones is 1. The average Bonchev–Trinajstić information content (AvgIpc) is 2.69. The molecule has 0 atom stereocenters. The zero-order valence-electron chi connectivity index (χ0n) is 9.12. The number of aromatic nitrogens is 1. The molecule has 1 heterocycles. The predicted octanol–water partition coefficient (Wildman–Crippen LogP) is 1.71. The molecule has 0 aliphatic rings. The van der Waals surface area contributed by atoms with Gasteiger partial charge in [-0.3, -0.25) is 4.79 Å². The van der Waals surface area contributed by atoms with Gasteiger partial charge in [0.25, 0.3) is 0 Å². The molecule has 0 aliphatic heterocycles. The fraction of sp³-hybridized carbons (Fsp3) is 0.250. The number of aromatic amines is 1. The number of carbonyl (C=O) groups is 1. The summed E-state index contributed by atoms with van der Waals surface area (Å²) in [6.07, 6.45) is 0. The number of benzene rings is 1. The Labute approximate surface area is 93.4 Å². The summed E-state index contributed by atoms with van der Waals surface area (Å²) in [5.41, 5.74) is 6.91. The highest BCUT2D eigenvalue weighted by molar-refractivity contribution is 5.98. The first-order chi connectivity index (χ1) is 7.70. The quantitative estimate of drug-likeness (QED) is 0.767. The van der Waals surface area contributed by atoms with Gasteiger partial charge in [-0.15, -0.1) is 0 Å². The number of ether oxygens (including phenoxy) is 1. The summed E-state index contributed by atoms with van der Waals surface area (Å²) >= 11 is 0. The molecule has 0 bridgehead atoms. The highest BCUT2D eigenvalue weighted by Crippen LogP contribution is 2.21. The highest BCUT2D eigenvalue weighted by Gasteiger charge is 2.05. The Hall–Kier alpha value is -1.81. The van der Waals surface area contributed by atoms with Crippen molar-refractivity contribution in [3.05, 3.63) is 30.0 Å². The van der Waals surface area contributed by atoms with Gasteiger partial charge < -0.3 is 15.5 Å². The van der Waals surface area contributed by atoms with E-state index < -0.39 is 0 Å². The first kappa shape index (κ1) is 10.7. The standard InChI is InChI=1S/C12H14N2O2/c1-8(15)12-7-9-6-10(16-5-4-13)2-3-11(9)14-12/h2-3,6-7,14H,4-5,13H2,1H3. The molecular formula is C12H14N2O2. The number of hydrogen-bond donors (Lipinski definition) is 2. The zero-order valence-corrected chi connectivity index (χ0v) is 9.12. The number of Topliss-reactive ketones (excluding diaryl/α,β-unsaturated/α-hetero) is 1. The molecule has 4 heteroatoms. The van der Waals surface area contributed by atoms with Crippen molar-refractivity contribution in [3.8, 4) is 5.75 Å². The molecular weight excluding hydrogens is 204 g/mol. The van der Waals surface area contributed by atoms with E-state index in [1.165, 1.54) is 6.92 Å². The maximum Gasteiger partial charge on any atom is 0.175 e. The molecule has 0 amide bonds. The van der Waals surface area contributed by atoms with Crippen molar-refractivity contribution in [1.29, 1.82) is 0 Å². The lowest BCUT2D eigenvalue weighted by Gasteiger charge is -2.03. The molecule has 0 unspecified atom stereocenters. The first-order valence-electron chi connectivity index (χ1n) is 5.17. The molecule has 0 fully saturated rings. The number of nitrogens with one attached hydrogen (secondary N) is 1. The van der Waals surface area contributed by atoms with E-state index in [1.54, 1.807) is 0 Å². The van der Waals surface area contributed by atoms with Crippen LogP contribution in [0.25, 0.3) is 10.9 Å². The van der Waals surface area contributed by atoms with Gasteiger partial charge in [-0.2, -0.15) is 0 Å². The van der Waals surface area contributed by atoms with Gasteiger partial charge in [0.05, 0.1) is 5.69 Å². The molecule has 0 aliphatic carbocycles. The summed E-state index contributed by atoms with van der Waals surface area (Å²) in [6.45, 7) is 2.52. The van der Waals surface area contributed by atoms with Crippen molar-refractivity contribution in [3.63, 3.8) is 0 Å². The van der Waals surface area contributed by atoms with E-state index in [9.17, 15) is 4.79 Å². The summed E-state index contributed by atoms with van der Waals surface area (Å²) in [5.74, 6) is 0.799. The summed E-state index contributed by atoms with van der Waals surface area (Å²) < 4.78 is 5.41. The minimum Gasteiger partial charge on any atom is -0.492 e. The lowest BCUT2D eigenvalue weighted by Crippen LogP contribution is -2.10. The fourth-order valence-corrected chi connectivity index (χ4v) is 1.57. The molecule has 0 saturated carbocycles. The van der Waals surface area contributed by atoms with Crippen molar-refractivity contribution in [1.82, 2.24) is 4.98 Å². The van der Waals surface area contributed by atoms with Gasteiger partial charge in [-0.05, 0) is 24.3 Å². The van der Waals surface area contributed by atoms with E-state index in [1.807, 2.05) is 24.3 Å². The van der Waals surface area contributed by atoms with Crippen LogP contribution in [-0.2, 0) is 0 Å². The smallest absolute Gasteiger partial charge is 0.175 e. The summed E-state index contributed by atoms with van der Waals surface area (Å²) in [5, 5.41) is 0.972. The highest BCUT2D eigenvalue weighted by atomic mass is 16.5. The van der Waals surface area contributed by atoms with E-state index in [0.717, 1.165) is 16.7 Å². The molecule has 16 heavy (non-hydrogen) atoms. The Balaban J connectivity index is 2.34. The van der Waals surface area contributed by atoms with Crippen LogP contribution in [0, 0.1) is 0 Å². The molecule has 84 valence electrons. The van der Waals surface area contributed by atoms with Gasteiger partial charge in [0.15, 0.2) is 5.78 Å². The molecule has 2 aromatic rings. The molecule has 1 aromatic heterocycles. The average molecular weight is 218 g/mol. The summed E-state index contributed by atoms with van der Waals surface area (Å²) in [4.78, 5) is 14.2. The van der Waals surface area contributed by atoms with Crippen LogP contribution in [-0.4, -0.2) is 23.9 Å². The van der Waals surface area contributed by atoms with Gasteiger partial charge in [0, 0.05) is 24.4 Å². The minimum absolute atomic E-state index is 0.0284. The Morgan fingerprint density at radius 1 is 1.44 bits per heavy atom. The van der Waals surface area contributed by atoms with Crippen molar-refractivity contribution in [2.24, 2.45) is 5.73 Å². The third-order valence-electron chi connectivity index (χ3n) is 2.36. The van der Waals surface area contributed by atoms with Crippen molar-refractivity contribution in [2.45, 2.75) is 6.92 Å². The molecule has 0 spiro atoms. The molecule has 1 aromatic carbocycles. The van der Waals surface area contributed by atoms with Crippen molar-refractivity contribution in [2.75, 3.05) is 13.2 Å². The van der Waals surface area contributed by atoms with E-state index in [0.29, 0.717) is 18.8 Å². The number of carbonyl (C=O) groups excluding carboxylic acids is 1. The Morgan fingerprint density at radius 2 is 2.25 bits per heavy atom. The van der Waals surface area contributed by atoms with E-state index >= 15 is 0 Å². The minimum atomic E-state index is 0.0284. The lowest BCUT2D eigenvalue weighted by atomic mass is 10.2. The van der Waals surface area contributed by atoms with Gasteiger partial charge in [0.2, 0.25) is 0 Å². The summed E-state index contributed by atoms with van der Waals surface area (Å²) in [6, 6.07) is 7.48. The van der Waals surface area contributed by atoms with Crippen LogP contribution in [0.2, 0.25) is 0 Å². The van der Waals surface area contributed by atoms with Crippen LogP contribution in [0.5, 0.6) is 5.75 Å². The number of hydrogen-bond acceptors (Lipinski definition) is 3. The second-order valence-corrected chi connectivity index (χ2v) is 3.63. The van der Waals surface area contributed by atoms with E-state index in [4.69, 9.17) is 10.5 Å². The number of nitrogens with two attached hydrogens (primary N) is 1. The molecule has 3 N–H and O–H groups in total.